The van der Waals surface area contributed by atoms with Gasteiger partial charge < -0.3 is 15.4 Å². The number of fused-ring (bicyclic) bond motifs is 1. The van der Waals surface area contributed by atoms with Crippen molar-refractivity contribution in [3.63, 3.8) is 0 Å². The van der Waals surface area contributed by atoms with Crippen LogP contribution in [0.3, 0.4) is 0 Å². The van der Waals surface area contributed by atoms with Gasteiger partial charge in [0.25, 0.3) is 5.91 Å². The summed E-state index contributed by atoms with van der Waals surface area (Å²) in [5.74, 6) is 1.11. The van der Waals surface area contributed by atoms with Gasteiger partial charge in [0.05, 0.1) is 17.2 Å². The quantitative estimate of drug-likeness (QED) is 0.615. The second-order valence-corrected chi connectivity index (χ2v) is 7.61. The molecule has 2 aromatic carbocycles. The topological polar surface area (TPSA) is 81.1 Å². The number of rotatable bonds is 4. The van der Waals surface area contributed by atoms with E-state index in [1.807, 2.05) is 56.3 Å². The highest BCUT2D eigenvalue weighted by Gasteiger charge is 2.33. The van der Waals surface area contributed by atoms with Gasteiger partial charge in [0, 0.05) is 11.4 Å². The Kier molecular flexibility index (Phi) is 5.10. The van der Waals surface area contributed by atoms with Crippen molar-refractivity contribution in [1.29, 1.82) is 0 Å². The number of allylic oxidation sites excluding steroid dienone is 1. The Morgan fingerprint density at radius 1 is 1.24 bits per heavy atom. The van der Waals surface area contributed by atoms with E-state index < -0.39 is 6.04 Å². The molecule has 2 N–H and O–H groups in total. The molecule has 0 fully saturated rings. The number of hydrogen-bond acceptors (Lipinski definition) is 5. The van der Waals surface area contributed by atoms with Crippen LogP contribution in [0.25, 0.3) is 0 Å². The maximum absolute atomic E-state index is 13.3. The molecule has 0 saturated carbocycles. The van der Waals surface area contributed by atoms with Crippen LogP contribution in [-0.2, 0) is 4.79 Å². The first-order chi connectivity index (χ1) is 14.0. The number of nitrogens with one attached hydrogen (secondary N) is 2. The summed E-state index contributed by atoms with van der Waals surface area (Å²) in [7, 11) is 1.62. The number of carbonyl (C=O) groups is 1. The number of benzene rings is 2. The minimum absolute atomic E-state index is 0.192. The molecule has 0 bridgehead atoms. The molecule has 0 spiro atoms. The molecule has 0 unspecified atom stereocenters. The first-order valence-corrected chi connectivity index (χ1v) is 9.86. The summed E-state index contributed by atoms with van der Waals surface area (Å²) in [5.41, 5.74) is 3.96. The van der Waals surface area contributed by atoms with Gasteiger partial charge in [0.15, 0.2) is 0 Å². The molecular formula is C21H20BrN5O2. The standard InChI is InChI=1S/C21H20BrN5O2/c1-12-6-4-5-7-16(12)26-20(28)18-13(2)25-21-23-11-24-27(21)19(18)14-8-9-17(29-3)15(22)10-14/h4-11,19H,1-3H3,(H,26,28)(H,23,24,25)/t19-/m1/s1. The largest absolute Gasteiger partial charge is 0.496 e. The van der Waals surface area contributed by atoms with E-state index in [1.165, 1.54) is 6.33 Å². The molecular weight excluding hydrogens is 434 g/mol. The molecule has 4 rings (SSSR count). The van der Waals surface area contributed by atoms with Crippen LogP contribution in [0.2, 0.25) is 0 Å². The number of halogens is 1. The van der Waals surface area contributed by atoms with Crippen LogP contribution < -0.4 is 15.4 Å². The van der Waals surface area contributed by atoms with Gasteiger partial charge in [-0.2, -0.15) is 10.1 Å². The highest BCUT2D eigenvalue weighted by Crippen LogP contribution is 2.38. The molecule has 1 amide bonds. The first kappa shape index (κ1) is 19.2. The summed E-state index contributed by atoms with van der Waals surface area (Å²) in [6.45, 7) is 3.83. The fraction of sp³-hybridized carbons (Fsp3) is 0.190. The molecule has 0 radical (unpaired) electrons. The van der Waals surface area contributed by atoms with E-state index in [0.29, 0.717) is 17.3 Å². The first-order valence-electron chi connectivity index (χ1n) is 9.07. The zero-order valence-electron chi connectivity index (χ0n) is 16.2. The van der Waals surface area contributed by atoms with E-state index in [1.54, 1.807) is 11.8 Å². The number of ether oxygens (including phenoxy) is 1. The summed E-state index contributed by atoms with van der Waals surface area (Å²) < 4.78 is 7.86. The zero-order chi connectivity index (χ0) is 20.5. The van der Waals surface area contributed by atoms with E-state index in [2.05, 4.69) is 36.6 Å². The minimum Gasteiger partial charge on any atom is -0.496 e. The van der Waals surface area contributed by atoms with Crippen molar-refractivity contribution in [3.8, 4) is 5.75 Å². The maximum Gasteiger partial charge on any atom is 0.255 e. The van der Waals surface area contributed by atoms with E-state index in [4.69, 9.17) is 4.74 Å². The van der Waals surface area contributed by atoms with Crippen molar-refractivity contribution < 1.29 is 9.53 Å². The third kappa shape index (κ3) is 3.51. The lowest BCUT2D eigenvalue weighted by Crippen LogP contribution is -2.31. The molecule has 0 aliphatic carbocycles. The van der Waals surface area contributed by atoms with Crippen molar-refractivity contribution in [1.82, 2.24) is 14.8 Å². The second-order valence-electron chi connectivity index (χ2n) is 6.76. The molecule has 1 atom stereocenters. The summed E-state index contributed by atoms with van der Waals surface area (Å²) in [6.07, 6.45) is 1.48. The minimum atomic E-state index is -0.431. The third-order valence-corrected chi connectivity index (χ3v) is 5.54. The van der Waals surface area contributed by atoms with Crippen molar-refractivity contribution >= 4 is 33.5 Å². The second kappa shape index (κ2) is 7.71. The number of aryl methyl sites for hydroxylation is 1. The maximum atomic E-state index is 13.3. The van der Waals surface area contributed by atoms with Gasteiger partial charge in [-0.05, 0) is 59.1 Å². The molecule has 1 aliphatic rings. The predicted octanol–water partition coefficient (Wildman–Crippen LogP) is 4.29. The molecule has 1 aromatic heterocycles. The van der Waals surface area contributed by atoms with Gasteiger partial charge in [0.1, 0.15) is 18.1 Å². The SMILES string of the molecule is COc1ccc([C@@H]2C(C(=O)Nc3ccccc3C)=C(C)Nc3ncnn32)cc1Br. The fourth-order valence-electron chi connectivity index (χ4n) is 3.45. The lowest BCUT2D eigenvalue weighted by atomic mass is 9.95. The van der Waals surface area contributed by atoms with Crippen LogP contribution in [0.4, 0.5) is 11.6 Å². The number of carbonyl (C=O) groups excluding carboxylic acids is 1. The van der Waals surface area contributed by atoms with Crippen LogP contribution in [0.1, 0.15) is 24.1 Å². The summed E-state index contributed by atoms with van der Waals surface area (Å²) >= 11 is 3.54. The average Bonchev–Trinajstić information content (AvgIpc) is 3.16. The Bertz CT molecular complexity index is 1120. The molecule has 3 aromatic rings. The Labute approximate surface area is 176 Å². The smallest absolute Gasteiger partial charge is 0.255 e. The van der Waals surface area contributed by atoms with Crippen LogP contribution >= 0.6 is 15.9 Å². The molecule has 7 nitrogen and oxygen atoms in total. The number of amides is 1. The molecule has 2 heterocycles. The molecule has 0 saturated heterocycles. The molecule has 8 heteroatoms. The van der Waals surface area contributed by atoms with Crippen LogP contribution in [-0.4, -0.2) is 27.8 Å². The van der Waals surface area contributed by atoms with Crippen LogP contribution in [0.15, 0.2) is 64.5 Å². The Morgan fingerprint density at radius 2 is 2.03 bits per heavy atom. The van der Waals surface area contributed by atoms with E-state index in [0.717, 1.165) is 27.0 Å². The van der Waals surface area contributed by atoms with Crippen molar-refractivity contribution in [2.75, 3.05) is 17.7 Å². The van der Waals surface area contributed by atoms with Gasteiger partial charge in [-0.15, -0.1) is 0 Å². The van der Waals surface area contributed by atoms with E-state index in [-0.39, 0.29) is 5.91 Å². The van der Waals surface area contributed by atoms with Crippen LogP contribution in [0, 0.1) is 6.92 Å². The number of para-hydroxylation sites is 1. The lowest BCUT2D eigenvalue weighted by molar-refractivity contribution is -0.113. The number of hydrogen-bond donors (Lipinski definition) is 2. The number of nitrogens with zero attached hydrogens (tertiary/aromatic N) is 3. The Hall–Kier alpha value is -3.13. The highest BCUT2D eigenvalue weighted by atomic mass is 79.9. The Morgan fingerprint density at radius 3 is 2.76 bits per heavy atom. The van der Waals surface area contributed by atoms with E-state index in [9.17, 15) is 4.79 Å². The van der Waals surface area contributed by atoms with Crippen LogP contribution in [0.5, 0.6) is 5.75 Å². The molecule has 1 aliphatic heterocycles. The molecule has 148 valence electrons. The van der Waals surface area contributed by atoms with Crippen molar-refractivity contribution in [2.24, 2.45) is 0 Å². The predicted molar refractivity (Wildman–Crippen MR) is 115 cm³/mol. The third-order valence-electron chi connectivity index (χ3n) is 4.92. The van der Waals surface area contributed by atoms with Gasteiger partial charge in [-0.25, -0.2) is 4.68 Å². The highest BCUT2D eigenvalue weighted by molar-refractivity contribution is 9.10. The normalized spacial score (nSPS) is 15.5. The van der Waals surface area contributed by atoms with Gasteiger partial charge >= 0.3 is 0 Å². The monoisotopic (exact) mass is 453 g/mol. The van der Waals surface area contributed by atoms with Gasteiger partial charge in [-0.1, -0.05) is 24.3 Å². The number of anilines is 2. The molecule has 29 heavy (non-hydrogen) atoms. The van der Waals surface area contributed by atoms with Gasteiger partial charge in [-0.3, -0.25) is 4.79 Å². The number of aromatic nitrogens is 3. The summed E-state index contributed by atoms with van der Waals surface area (Å²) in [5, 5.41) is 10.6. The lowest BCUT2D eigenvalue weighted by Gasteiger charge is -2.29. The number of methoxy groups -OCH3 is 1. The Balaban J connectivity index is 1.79. The van der Waals surface area contributed by atoms with Crippen molar-refractivity contribution in [3.05, 3.63) is 75.7 Å². The van der Waals surface area contributed by atoms with E-state index >= 15 is 0 Å². The summed E-state index contributed by atoms with van der Waals surface area (Å²) in [6, 6.07) is 13.0. The average molecular weight is 454 g/mol. The zero-order valence-corrected chi connectivity index (χ0v) is 17.8. The van der Waals surface area contributed by atoms with Gasteiger partial charge in [0.2, 0.25) is 5.95 Å². The van der Waals surface area contributed by atoms with Crippen molar-refractivity contribution in [2.45, 2.75) is 19.9 Å². The summed E-state index contributed by atoms with van der Waals surface area (Å²) in [4.78, 5) is 17.6. The fourth-order valence-corrected chi connectivity index (χ4v) is 4.01.